The van der Waals surface area contributed by atoms with E-state index in [-0.39, 0.29) is 5.78 Å². The minimum absolute atomic E-state index is 0.0658. The Balaban J connectivity index is 2.54. The standard InChI is InChI=1S/C10H8Cl2O2/c11-7-4-6-9(13)2-1-3-14-10(6)5-8(7)12/h4-5H,1-3H2. The van der Waals surface area contributed by atoms with Crippen LogP contribution in [0.2, 0.25) is 10.0 Å². The van der Waals surface area contributed by atoms with E-state index in [1.54, 1.807) is 12.1 Å². The van der Waals surface area contributed by atoms with E-state index in [1.807, 2.05) is 0 Å². The first kappa shape index (κ1) is 9.81. The van der Waals surface area contributed by atoms with Crippen molar-refractivity contribution in [1.29, 1.82) is 0 Å². The Hall–Kier alpha value is -0.730. The first-order chi connectivity index (χ1) is 6.68. The Labute approximate surface area is 91.8 Å². The van der Waals surface area contributed by atoms with Crippen molar-refractivity contribution in [2.75, 3.05) is 6.61 Å². The van der Waals surface area contributed by atoms with Gasteiger partial charge in [0.25, 0.3) is 0 Å². The first-order valence-electron chi connectivity index (χ1n) is 4.33. The smallest absolute Gasteiger partial charge is 0.166 e. The molecule has 0 bridgehead atoms. The maximum absolute atomic E-state index is 11.6. The highest BCUT2D eigenvalue weighted by Crippen LogP contribution is 2.32. The Morgan fingerprint density at radius 1 is 1.21 bits per heavy atom. The van der Waals surface area contributed by atoms with Gasteiger partial charge in [-0.25, -0.2) is 0 Å². The van der Waals surface area contributed by atoms with Crippen LogP contribution in [0.3, 0.4) is 0 Å². The molecule has 0 atom stereocenters. The summed E-state index contributed by atoms with van der Waals surface area (Å²) in [5.41, 5.74) is 0.539. The molecule has 1 aliphatic heterocycles. The van der Waals surface area contributed by atoms with Gasteiger partial charge >= 0.3 is 0 Å². The SMILES string of the molecule is O=C1CCCOc2cc(Cl)c(Cl)cc21. The van der Waals surface area contributed by atoms with Gasteiger partial charge in [0.1, 0.15) is 5.75 Å². The largest absolute Gasteiger partial charge is 0.493 e. The van der Waals surface area contributed by atoms with Crippen molar-refractivity contribution >= 4 is 29.0 Å². The molecular formula is C10H8Cl2O2. The zero-order valence-electron chi connectivity index (χ0n) is 7.35. The number of Topliss-reactive ketones (excluding diaryl/α,β-unsaturated/α-hetero) is 1. The molecule has 1 aliphatic rings. The van der Waals surface area contributed by atoms with Gasteiger partial charge < -0.3 is 4.74 Å². The summed E-state index contributed by atoms with van der Waals surface area (Å²) in [4.78, 5) is 11.6. The molecule has 1 heterocycles. The van der Waals surface area contributed by atoms with E-state index in [1.165, 1.54) is 0 Å². The van der Waals surface area contributed by atoms with Crippen LogP contribution in [0.25, 0.3) is 0 Å². The van der Waals surface area contributed by atoms with Gasteiger partial charge in [0, 0.05) is 12.5 Å². The van der Waals surface area contributed by atoms with E-state index in [2.05, 4.69) is 0 Å². The summed E-state index contributed by atoms with van der Waals surface area (Å²) in [7, 11) is 0. The molecule has 0 radical (unpaired) electrons. The van der Waals surface area contributed by atoms with E-state index in [0.717, 1.165) is 6.42 Å². The van der Waals surface area contributed by atoms with Crippen LogP contribution in [0.1, 0.15) is 23.2 Å². The number of ketones is 1. The van der Waals surface area contributed by atoms with Crippen molar-refractivity contribution in [1.82, 2.24) is 0 Å². The molecule has 0 saturated carbocycles. The van der Waals surface area contributed by atoms with Crippen LogP contribution in [0, 0.1) is 0 Å². The van der Waals surface area contributed by atoms with Gasteiger partial charge in [-0.3, -0.25) is 4.79 Å². The Morgan fingerprint density at radius 2 is 1.93 bits per heavy atom. The number of ether oxygens (including phenoxy) is 1. The topological polar surface area (TPSA) is 26.3 Å². The molecule has 14 heavy (non-hydrogen) atoms. The third kappa shape index (κ3) is 1.72. The van der Waals surface area contributed by atoms with Crippen molar-refractivity contribution in [2.45, 2.75) is 12.8 Å². The molecule has 0 aliphatic carbocycles. The molecule has 0 amide bonds. The molecule has 4 heteroatoms. The molecule has 1 aromatic rings. The van der Waals surface area contributed by atoms with Gasteiger partial charge in [-0.1, -0.05) is 23.2 Å². The lowest BCUT2D eigenvalue weighted by molar-refractivity contribution is 0.0983. The van der Waals surface area contributed by atoms with Gasteiger partial charge in [-0.05, 0) is 12.5 Å². The summed E-state index contributed by atoms with van der Waals surface area (Å²) in [5, 5.41) is 0.810. The van der Waals surface area contributed by atoms with E-state index in [4.69, 9.17) is 27.9 Å². The number of hydrogen-bond acceptors (Lipinski definition) is 2. The minimum Gasteiger partial charge on any atom is -0.493 e. The number of benzene rings is 1. The van der Waals surface area contributed by atoms with Crippen LogP contribution in [-0.2, 0) is 0 Å². The zero-order valence-corrected chi connectivity index (χ0v) is 8.86. The summed E-state index contributed by atoms with van der Waals surface area (Å²) in [5.74, 6) is 0.609. The summed E-state index contributed by atoms with van der Waals surface area (Å²) in [6.45, 7) is 0.552. The maximum Gasteiger partial charge on any atom is 0.166 e. The molecule has 0 fully saturated rings. The molecule has 2 rings (SSSR count). The predicted molar refractivity (Wildman–Crippen MR) is 55.5 cm³/mol. The highest BCUT2D eigenvalue weighted by atomic mass is 35.5. The second kappa shape index (κ2) is 3.79. The van der Waals surface area contributed by atoms with Crippen molar-refractivity contribution in [3.05, 3.63) is 27.7 Å². The second-order valence-corrected chi connectivity index (χ2v) is 3.95. The van der Waals surface area contributed by atoms with Crippen LogP contribution in [0.5, 0.6) is 5.75 Å². The highest BCUT2D eigenvalue weighted by molar-refractivity contribution is 6.42. The Kier molecular flexibility index (Phi) is 2.66. The van der Waals surface area contributed by atoms with Crippen LogP contribution in [0.15, 0.2) is 12.1 Å². The van der Waals surface area contributed by atoms with Gasteiger partial charge in [-0.2, -0.15) is 0 Å². The summed E-state index contributed by atoms with van der Waals surface area (Å²) >= 11 is 11.6. The van der Waals surface area contributed by atoms with E-state index >= 15 is 0 Å². The summed E-state index contributed by atoms with van der Waals surface area (Å²) < 4.78 is 5.39. The van der Waals surface area contributed by atoms with Crippen molar-refractivity contribution in [3.63, 3.8) is 0 Å². The normalized spacial score (nSPS) is 15.7. The third-order valence-corrected chi connectivity index (χ3v) is 2.85. The summed E-state index contributed by atoms with van der Waals surface area (Å²) in [6.07, 6.45) is 1.24. The molecule has 74 valence electrons. The fraction of sp³-hybridized carbons (Fsp3) is 0.300. The predicted octanol–water partition coefficient (Wildman–Crippen LogP) is 3.35. The van der Waals surface area contributed by atoms with Gasteiger partial charge in [0.05, 0.1) is 22.2 Å². The lowest BCUT2D eigenvalue weighted by atomic mass is 10.1. The van der Waals surface area contributed by atoms with E-state index in [0.29, 0.717) is 34.4 Å². The molecular weight excluding hydrogens is 223 g/mol. The highest BCUT2D eigenvalue weighted by Gasteiger charge is 2.18. The molecule has 0 unspecified atom stereocenters. The third-order valence-electron chi connectivity index (χ3n) is 2.13. The van der Waals surface area contributed by atoms with Crippen molar-refractivity contribution in [3.8, 4) is 5.75 Å². The Bertz CT molecular complexity index is 388. The quantitative estimate of drug-likeness (QED) is 0.684. The molecule has 0 saturated heterocycles. The van der Waals surface area contributed by atoms with Crippen LogP contribution in [-0.4, -0.2) is 12.4 Å². The van der Waals surface area contributed by atoms with Gasteiger partial charge in [-0.15, -0.1) is 0 Å². The fourth-order valence-corrected chi connectivity index (χ4v) is 1.73. The minimum atomic E-state index is 0.0658. The molecule has 0 spiro atoms. The van der Waals surface area contributed by atoms with Crippen molar-refractivity contribution < 1.29 is 9.53 Å². The van der Waals surface area contributed by atoms with E-state index in [9.17, 15) is 4.79 Å². The number of halogens is 2. The number of carbonyl (C=O) groups is 1. The lowest BCUT2D eigenvalue weighted by Crippen LogP contribution is -1.97. The van der Waals surface area contributed by atoms with Crippen LogP contribution < -0.4 is 4.74 Å². The van der Waals surface area contributed by atoms with Gasteiger partial charge in [0.15, 0.2) is 5.78 Å². The average Bonchev–Trinajstić information content (AvgIpc) is 2.31. The molecule has 2 nitrogen and oxygen atoms in total. The number of hydrogen-bond donors (Lipinski definition) is 0. The zero-order chi connectivity index (χ0) is 10.1. The second-order valence-electron chi connectivity index (χ2n) is 3.14. The van der Waals surface area contributed by atoms with Crippen LogP contribution in [0.4, 0.5) is 0 Å². The monoisotopic (exact) mass is 230 g/mol. The lowest BCUT2D eigenvalue weighted by Gasteiger charge is -2.07. The maximum atomic E-state index is 11.6. The molecule has 0 aromatic heterocycles. The summed E-state index contributed by atoms with van der Waals surface area (Å²) in [6, 6.07) is 3.18. The number of carbonyl (C=O) groups excluding carboxylic acids is 1. The molecule has 0 N–H and O–H groups in total. The fourth-order valence-electron chi connectivity index (χ4n) is 1.42. The molecule has 1 aromatic carbocycles. The number of fused-ring (bicyclic) bond motifs is 1. The Morgan fingerprint density at radius 3 is 2.71 bits per heavy atom. The number of rotatable bonds is 0. The first-order valence-corrected chi connectivity index (χ1v) is 5.09. The van der Waals surface area contributed by atoms with Crippen LogP contribution >= 0.6 is 23.2 Å². The van der Waals surface area contributed by atoms with Crippen molar-refractivity contribution in [2.24, 2.45) is 0 Å². The van der Waals surface area contributed by atoms with E-state index < -0.39 is 0 Å². The average molecular weight is 231 g/mol. The van der Waals surface area contributed by atoms with Gasteiger partial charge in [0.2, 0.25) is 0 Å².